The van der Waals surface area contributed by atoms with E-state index in [-0.39, 0.29) is 16.1 Å². The van der Waals surface area contributed by atoms with Gasteiger partial charge in [-0.2, -0.15) is 8.42 Å². The van der Waals surface area contributed by atoms with Crippen molar-refractivity contribution in [2.75, 3.05) is 0 Å². The molecular weight excluding hydrogens is 340 g/mol. The number of hydrogen-bond acceptors (Lipinski definition) is 6. The molecule has 0 unspecified atom stereocenters. The second-order valence-electron chi connectivity index (χ2n) is 4.41. The van der Waals surface area contributed by atoms with Gasteiger partial charge in [-0.15, -0.1) is 4.40 Å². The van der Waals surface area contributed by atoms with Gasteiger partial charge >= 0.3 is 5.69 Å². The lowest BCUT2D eigenvalue weighted by atomic mass is 10.3. The molecule has 0 aliphatic carbocycles. The number of nitrogens with zero attached hydrogens (tertiary/aromatic N) is 2. The van der Waals surface area contributed by atoms with Crippen LogP contribution in [0.15, 0.2) is 48.1 Å². The van der Waals surface area contributed by atoms with Crippen LogP contribution in [0.1, 0.15) is 5.56 Å². The van der Waals surface area contributed by atoms with E-state index < -0.39 is 33.1 Å². The van der Waals surface area contributed by atoms with E-state index in [1.54, 1.807) is 0 Å². The maximum Gasteiger partial charge on any atom is 0.328 e. The molecule has 0 fully saturated rings. The Kier molecular flexibility index (Phi) is 4.50. The van der Waals surface area contributed by atoms with Gasteiger partial charge in [-0.25, -0.2) is 4.79 Å². The molecule has 1 aromatic heterocycles. The summed E-state index contributed by atoms with van der Waals surface area (Å²) in [5.74, 6) is -1.23. The normalized spacial score (nSPS) is 11.5. The van der Waals surface area contributed by atoms with Crippen molar-refractivity contribution in [1.29, 1.82) is 0 Å². The number of benzene rings is 1. The van der Waals surface area contributed by atoms with Crippen molar-refractivity contribution in [3.8, 4) is 5.88 Å². The number of aromatic hydroxyl groups is 1. The predicted octanol–water partition coefficient (Wildman–Crippen LogP) is -1.52. The zero-order chi connectivity index (χ0) is 17.9. The summed E-state index contributed by atoms with van der Waals surface area (Å²) in [4.78, 5) is 30.1. The number of nitrogens with two attached hydrogens (primary N) is 2. The lowest BCUT2D eigenvalue weighted by molar-refractivity contribution is 0.447. The number of aromatic nitrogens is 2. The molecule has 11 nitrogen and oxygen atoms in total. The molecule has 0 bridgehead atoms. The minimum Gasteiger partial charge on any atom is -0.494 e. The molecule has 126 valence electrons. The van der Waals surface area contributed by atoms with E-state index in [1.165, 1.54) is 24.3 Å². The Balaban J connectivity index is 2.32. The van der Waals surface area contributed by atoms with E-state index in [1.807, 2.05) is 9.97 Å². The Morgan fingerprint density at radius 2 is 1.75 bits per heavy atom. The van der Waals surface area contributed by atoms with Gasteiger partial charge in [-0.05, 0) is 24.3 Å². The standard InChI is InChI=1S/C12H12N6O5S/c13-11(14)18-24(22,23)7-3-1-6(2-4-7)15-5-8-9(19)16-12(21)17-10(8)20/h1-5H,(H4,13,14,18)(H3,16,17,19,20,21). The van der Waals surface area contributed by atoms with Crippen LogP contribution in [0.4, 0.5) is 5.69 Å². The summed E-state index contributed by atoms with van der Waals surface area (Å²) < 4.78 is 26.6. The van der Waals surface area contributed by atoms with Crippen molar-refractivity contribution >= 4 is 27.9 Å². The molecule has 0 radical (unpaired) electrons. The minimum absolute atomic E-state index is 0.153. The van der Waals surface area contributed by atoms with Gasteiger partial charge in [-0.1, -0.05) is 0 Å². The summed E-state index contributed by atoms with van der Waals surface area (Å²) in [7, 11) is -4.01. The first kappa shape index (κ1) is 17.0. The summed E-state index contributed by atoms with van der Waals surface area (Å²) in [6, 6.07) is 5.10. The first-order valence-electron chi connectivity index (χ1n) is 6.24. The number of sulfonamides is 1. The zero-order valence-electron chi connectivity index (χ0n) is 11.9. The summed E-state index contributed by atoms with van der Waals surface area (Å²) in [6.07, 6.45) is 1.02. The molecular formula is C12H12N6O5S. The van der Waals surface area contributed by atoms with Crippen molar-refractivity contribution in [1.82, 2.24) is 9.97 Å². The highest BCUT2D eigenvalue weighted by atomic mass is 32.2. The van der Waals surface area contributed by atoms with Gasteiger partial charge in [0.15, 0.2) is 0 Å². The number of aromatic amines is 2. The topological polar surface area (TPSA) is 197 Å². The van der Waals surface area contributed by atoms with Crippen molar-refractivity contribution in [3.63, 3.8) is 0 Å². The van der Waals surface area contributed by atoms with Gasteiger partial charge in [0.1, 0.15) is 5.56 Å². The Morgan fingerprint density at radius 3 is 2.29 bits per heavy atom. The van der Waals surface area contributed by atoms with E-state index in [4.69, 9.17) is 11.5 Å². The third-order valence-corrected chi connectivity index (χ3v) is 3.98. The van der Waals surface area contributed by atoms with Crippen LogP contribution in [0.3, 0.4) is 0 Å². The smallest absolute Gasteiger partial charge is 0.328 e. The number of aliphatic imine (C=N–C) groups is 1. The number of guanidine groups is 1. The molecule has 0 aliphatic rings. The number of hydrogen-bond donors (Lipinski definition) is 5. The fraction of sp³-hybridized carbons (Fsp3) is 0. The molecule has 0 aliphatic heterocycles. The highest BCUT2D eigenvalue weighted by Gasteiger charge is 2.12. The van der Waals surface area contributed by atoms with E-state index in [9.17, 15) is 23.1 Å². The highest BCUT2D eigenvalue weighted by Crippen LogP contribution is 2.18. The highest BCUT2D eigenvalue weighted by molar-refractivity contribution is 7.90. The quantitative estimate of drug-likeness (QED) is 0.325. The molecule has 2 rings (SSSR count). The lowest BCUT2D eigenvalue weighted by Gasteiger charge is -2.00. The van der Waals surface area contributed by atoms with Gasteiger partial charge in [-0.3, -0.25) is 19.8 Å². The molecule has 2 aromatic rings. The molecule has 1 heterocycles. The zero-order valence-corrected chi connectivity index (χ0v) is 12.7. The first-order chi connectivity index (χ1) is 11.2. The second-order valence-corrected chi connectivity index (χ2v) is 6.02. The van der Waals surface area contributed by atoms with Gasteiger partial charge < -0.3 is 16.6 Å². The molecule has 1 aromatic carbocycles. The van der Waals surface area contributed by atoms with E-state index >= 15 is 0 Å². The Morgan fingerprint density at radius 1 is 1.12 bits per heavy atom. The number of rotatable bonds is 4. The van der Waals surface area contributed by atoms with Crippen LogP contribution in [0, 0.1) is 0 Å². The summed E-state index contributed by atoms with van der Waals surface area (Å²) in [5, 5.41) is 9.50. The van der Waals surface area contributed by atoms with Crippen LogP contribution in [0.2, 0.25) is 0 Å². The fourth-order valence-electron chi connectivity index (χ4n) is 1.64. The molecule has 24 heavy (non-hydrogen) atoms. The lowest BCUT2D eigenvalue weighted by Crippen LogP contribution is -2.24. The van der Waals surface area contributed by atoms with Gasteiger partial charge in [0, 0.05) is 6.21 Å². The van der Waals surface area contributed by atoms with Crippen LogP contribution in [-0.4, -0.2) is 35.7 Å². The molecule has 0 amide bonds. The van der Waals surface area contributed by atoms with Crippen LogP contribution >= 0.6 is 0 Å². The average Bonchev–Trinajstić information content (AvgIpc) is 2.45. The van der Waals surface area contributed by atoms with E-state index in [2.05, 4.69) is 9.39 Å². The van der Waals surface area contributed by atoms with Gasteiger partial charge in [0.05, 0.1) is 10.6 Å². The largest absolute Gasteiger partial charge is 0.494 e. The monoisotopic (exact) mass is 352 g/mol. The Labute approximate surface area is 134 Å². The maximum atomic E-state index is 11.8. The molecule has 0 saturated carbocycles. The minimum atomic E-state index is -4.01. The molecule has 0 saturated heterocycles. The molecule has 12 heteroatoms. The number of H-pyrrole nitrogens is 2. The third kappa shape index (κ3) is 3.86. The van der Waals surface area contributed by atoms with Gasteiger partial charge in [0.2, 0.25) is 11.8 Å². The van der Waals surface area contributed by atoms with Crippen LogP contribution in [0.5, 0.6) is 5.88 Å². The maximum absolute atomic E-state index is 11.8. The Bertz CT molecular complexity index is 1030. The summed E-state index contributed by atoms with van der Waals surface area (Å²) >= 11 is 0. The van der Waals surface area contributed by atoms with Crippen LogP contribution in [0.25, 0.3) is 0 Å². The van der Waals surface area contributed by atoms with Crippen molar-refractivity contribution < 1.29 is 13.5 Å². The van der Waals surface area contributed by atoms with Crippen molar-refractivity contribution in [2.24, 2.45) is 20.9 Å². The van der Waals surface area contributed by atoms with Crippen LogP contribution in [-0.2, 0) is 10.0 Å². The SMILES string of the molecule is NC(N)=NS(=O)(=O)c1ccc(N=Cc2c(O)[nH]c(=O)[nH]c2=O)cc1. The summed E-state index contributed by atoms with van der Waals surface area (Å²) in [6.45, 7) is 0. The van der Waals surface area contributed by atoms with Crippen LogP contribution < -0.4 is 22.7 Å². The summed E-state index contributed by atoms with van der Waals surface area (Å²) in [5.41, 5.74) is 8.42. The fourth-order valence-corrected chi connectivity index (χ4v) is 2.50. The number of nitrogens with one attached hydrogen (secondary N) is 2. The van der Waals surface area contributed by atoms with Gasteiger partial charge in [0.25, 0.3) is 15.6 Å². The van der Waals surface area contributed by atoms with Crippen molar-refractivity contribution in [3.05, 3.63) is 50.7 Å². The van der Waals surface area contributed by atoms with E-state index in [0.717, 1.165) is 6.21 Å². The van der Waals surface area contributed by atoms with Crippen molar-refractivity contribution in [2.45, 2.75) is 4.90 Å². The second kappa shape index (κ2) is 6.37. The van der Waals surface area contributed by atoms with E-state index in [0.29, 0.717) is 0 Å². The molecule has 7 N–H and O–H groups in total. The first-order valence-corrected chi connectivity index (χ1v) is 7.68. The molecule has 0 spiro atoms. The predicted molar refractivity (Wildman–Crippen MR) is 86.0 cm³/mol. The average molecular weight is 352 g/mol. The Hall–Kier alpha value is -3.41. The third-order valence-electron chi connectivity index (χ3n) is 2.66. The molecule has 0 atom stereocenters.